The van der Waals surface area contributed by atoms with E-state index in [1.165, 1.54) is 6.07 Å². The van der Waals surface area contributed by atoms with Gasteiger partial charge in [0.2, 0.25) is 5.91 Å². The number of carboxylic acids is 1. The molecule has 1 aromatic carbocycles. The molecule has 0 aliphatic carbocycles. The summed E-state index contributed by atoms with van der Waals surface area (Å²) in [6.07, 6.45) is 0.302. The summed E-state index contributed by atoms with van der Waals surface area (Å²) in [4.78, 5) is 33.9. The smallest absolute Gasteiger partial charge is 0.319 e. The standard InChI is InChI=1S/C15H21N3O4/c1-9-6-10(12(16)19)8-11(7-9)18-14(22)17-5-4-15(2,3)13(20)21/h6-8H,4-5H2,1-3H3,(H2,16,19)(H,20,21)(H2,17,18,22). The van der Waals surface area contributed by atoms with Gasteiger partial charge in [-0.25, -0.2) is 4.79 Å². The number of nitrogens with one attached hydrogen (secondary N) is 2. The molecule has 0 aromatic heterocycles. The molecule has 0 atom stereocenters. The van der Waals surface area contributed by atoms with Crippen LogP contribution in [0.15, 0.2) is 18.2 Å². The molecule has 0 bridgehead atoms. The molecule has 0 aliphatic rings. The van der Waals surface area contributed by atoms with E-state index in [9.17, 15) is 14.4 Å². The van der Waals surface area contributed by atoms with Crippen LogP contribution >= 0.6 is 0 Å². The summed E-state index contributed by atoms with van der Waals surface area (Å²) >= 11 is 0. The van der Waals surface area contributed by atoms with Crippen molar-refractivity contribution >= 4 is 23.6 Å². The van der Waals surface area contributed by atoms with Gasteiger partial charge in [0.05, 0.1) is 5.41 Å². The van der Waals surface area contributed by atoms with Gasteiger partial charge in [-0.3, -0.25) is 9.59 Å². The number of carbonyl (C=O) groups excluding carboxylic acids is 2. The number of anilines is 1. The van der Waals surface area contributed by atoms with E-state index in [1.54, 1.807) is 32.9 Å². The van der Waals surface area contributed by atoms with Crippen LogP contribution in [-0.2, 0) is 4.79 Å². The molecule has 1 rings (SSSR count). The number of nitrogens with two attached hydrogens (primary N) is 1. The number of carboxylic acid groups (broad SMARTS) is 1. The lowest BCUT2D eigenvalue weighted by Gasteiger charge is -2.19. The van der Waals surface area contributed by atoms with Crippen molar-refractivity contribution in [1.82, 2.24) is 5.32 Å². The summed E-state index contributed by atoms with van der Waals surface area (Å²) in [6.45, 7) is 5.19. The van der Waals surface area contributed by atoms with E-state index in [2.05, 4.69) is 10.6 Å². The third-order valence-corrected chi connectivity index (χ3v) is 3.23. The molecule has 0 aliphatic heterocycles. The minimum atomic E-state index is -0.917. The normalized spacial score (nSPS) is 10.9. The molecular weight excluding hydrogens is 286 g/mol. The minimum absolute atomic E-state index is 0.222. The summed E-state index contributed by atoms with van der Waals surface area (Å²) in [6, 6.07) is 4.34. The average molecular weight is 307 g/mol. The van der Waals surface area contributed by atoms with Crippen molar-refractivity contribution in [2.75, 3.05) is 11.9 Å². The highest BCUT2D eigenvalue weighted by Gasteiger charge is 2.26. The summed E-state index contributed by atoms with van der Waals surface area (Å²) < 4.78 is 0. The lowest BCUT2D eigenvalue weighted by Crippen LogP contribution is -2.34. The maximum absolute atomic E-state index is 11.8. The second-order valence-electron chi connectivity index (χ2n) is 5.77. The predicted molar refractivity (Wildman–Crippen MR) is 82.8 cm³/mol. The lowest BCUT2D eigenvalue weighted by atomic mass is 9.90. The van der Waals surface area contributed by atoms with Crippen molar-refractivity contribution in [2.24, 2.45) is 11.1 Å². The average Bonchev–Trinajstić information content (AvgIpc) is 2.37. The highest BCUT2D eigenvalue weighted by molar-refractivity contribution is 5.96. The Morgan fingerprint density at radius 2 is 1.86 bits per heavy atom. The number of rotatable bonds is 6. The number of amides is 3. The van der Waals surface area contributed by atoms with Crippen molar-refractivity contribution in [1.29, 1.82) is 0 Å². The topological polar surface area (TPSA) is 122 Å². The van der Waals surface area contributed by atoms with Crippen molar-refractivity contribution < 1.29 is 19.5 Å². The molecule has 0 unspecified atom stereocenters. The quantitative estimate of drug-likeness (QED) is 0.639. The van der Waals surface area contributed by atoms with Crippen LogP contribution in [0, 0.1) is 12.3 Å². The molecule has 7 heteroatoms. The van der Waals surface area contributed by atoms with Crippen LogP contribution in [0.3, 0.4) is 0 Å². The van der Waals surface area contributed by atoms with Gasteiger partial charge in [-0.2, -0.15) is 0 Å². The first kappa shape index (κ1) is 17.5. The first-order valence-electron chi connectivity index (χ1n) is 6.81. The SMILES string of the molecule is Cc1cc(NC(=O)NCCC(C)(C)C(=O)O)cc(C(N)=O)c1. The van der Waals surface area contributed by atoms with Gasteiger partial charge in [0.1, 0.15) is 0 Å². The van der Waals surface area contributed by atoms with Gasteiger partial charge in [0, 0.05) is 17.8 Å². The van der Waals surface area contributed by atoms with Gasteiger partial charge >= 0.3 is 12.0 Å². The Kier molecular flexibility index (Phi) is 5.50. The monoisotopic (exact) mass is 307 g/mol. The third-order valence-electron chi connectivity index (χ3n) is 3.23. The Balaban J connectivity index is 2.59. The molecule has 120 valence electrons. The minimum Gasteiger partial charge on any atom is -0.481 e. The Labute approximate surface area is 128 Å². The molecule has 0 saturated carbocycles. The van der Waals surface area contributed by atoms with Crippen LogP contribution in [0.25, 0.3) is 0 Å². The molecule has 0 fully saturated rings. The Hall–Kier alpha value is -2.57. The van der Waals surface area contributed by atoms with E-state index in [0.717, 1.165) is 5.56 Å². The van der Waals surface area contributed by atoms with Gasteiger partial charge in [-0.1, -0.05) is 0 Å². The van der Waals surface area contributed by atoms with Gasteiger partial charge < -0.3 is 21.5 Å². The molecule has 5 N–H and O–H groups in total. The molecule has 22 heavy (non-hydrogen) atoms. The zero-order valence-corrected chi connectivity index (χ0v) is 12.9. The molecule has 0 saturated heterocycles. The molecule has 3 amide bonds. The summed E-state index contributed by atoms with van der Waals surface area (Å²) in [5.41, 5.74) is 5.85. The van der Waals surface area contributed by atoms with Crippen LogP contribution in [0.4, 0.5) is 10.5 Å². The Morgan fingerprint density at radius 3 is 2.41 bits per heavy atom. The highest BCUT2D eigenvalue weighted by Crippen LogP contribution is 2.19. The number of aryl methyl sites for hydroxylation is 1. The second-order valence-corrected chi connectivity index (χ2v) is 5.77. The van der Waals surface area contributed by atoms with E-state index in [4.69, 9.17) is 10.8 Å². The fraction of sp³-hybridized carbons (Fsp3) is 0.400. The molecular formula is C15H21N3O4. The Morgan fingerprint density at radius 1 is 1.23 bits per heavy atom. The number of aliphatic carboxylic acids is 1. The summed E-state index contributed by atoms with van der Waals surface area (Å²) in [7, 11) is 0. The summed E-state index contributed by atoms with van der Waals surface area (Å²) in [5, 5.41) is 14.2. The van der Waals surface area contributed by atoms with E-state index in [1.807, 2.05) is 0 Å². The van der Waals surface area contributed by atoms with Gasteiger partial charge in [-0.05, 0) is 51.0 Å². The van der Waals surface area contributed by atoms with Gasteiger partial charge in [-0.15, -0.1) is 0 Å². The largest absolute Gasteiger partial charge is 0.481 e. The van der Waals surface area contributed by atoms with E-state index >= 15 is 0 Å². The first-order chi connectivity index (χ1) is 10.1. The van der Waals surface area contributed by atoms with Crippen LogP contribution in [-0.4, -0.2) is 29.6 Å². The number of urea groups is 1. The number of hydrogen-bond acceptors (Lipinski definition) is 3. The maximum atomic E-state index is 11.8. The lowest BCUT2D eigenvalue weighted by molar-refractivity contribution is -0.147. The van der Waals surface area contributed by atoms with Gasteiger partial charge in [0.25, 0.3) is 0 Å². The molecule has 0 radical (unpaired) electrons. The molecule has 1 aromatic rings. The highest BCUT2D eigenvalue weighted by atomic mass is 16.4. The molecule has 0 heterocycles. The van der Waals surface area contributed by atoms with E-state index in [-0.39, 0.29) is 6.54 Å². The number of primary amides is 1. The second kappa shape index (κ2) is 6.93. The number of benzene rings is 1. The number of carbonyl (C=O) groups is 3. The van der Waals surface area contributed by atoms with Crippen molar-refractivity contribution in [2.45, 2.75) is 27.2 Å². The summed E-state index contributed by atoms with van der Waals surface area (Å²) in [5.74, 6) is -1.49. The molecule has 7 nitrogen and oxygen atoms in total. The maximum Gasteiger partial charge on any atom is 0.319 e. The zero-order chi connectivity index (χ0) is 16.9. The third kappa shape index (κ3) is 5.08. The first-order valence-corrected chi connectivity index (χ1v) is 6.81. The van der Waals surface area contributed by atoms with Crippen molar-refractivity contribution in [3.05, 3.63) is 29.3 Å². The van der Waals surface area contributed by atoms with Crippen molar-refractivity contribution in [3.8, 4) is 0 Å². The van der Waals surface area contributed by atoms with Gasteiger partial charge in [0.15, 0.2) is 0 Å². The van der Waals surface area contributed by atoms with E-state index < -0.39 is 23.3 Å². The van der Waals surface area contributed by atoms with Crippen LogP contribution in [0.2, 0.25) is 0 Å². The molecule has 0 spiro atoms. The Bertz CT molecular complexity index is 596. The predicted octanol–water partition coefficient (Wildman–Crippen LogP) is 1.72. The van der Waals surface area contributed by atoms with Crippen LogP contribution in [0.5, 0.6) is 0 Å². The zero-order valence-electron chi connectivity index (χ0n) is 12.9. The van der Waals surface area contributed by atoms with Crippen LogP contribution < -0.4 is 16.4 Å². The number of hydrogen-bond donors (Lipinski definition) is 4. The fourth-order valence-electron chi connectivity index (χ4n) is 1.77. The fourth-order valence-corrected chi connectivity index (χ4v) is 1.77. The van der Waals surface area contributed by atoms with Crippen molar-refractivity contribution in [3.63, 3.8) is 0 Å². The van der Waals surface area contributed by atoms with Crippen LogP contribution in [0.1, 0.15) is 36.2 Å². The van der Waals surface area contributed by atoms with E-state index in [0.29, 0.717) is 17.7 Å².